The Morgan fingerprint density at radius 2 is 1.40 bits per heavy atom. The average molecular weight is 705 g/mol. The maximum absolute atomic E-state index is 12.8. The van der Waals surface area contributed by atoms with E-state index >= 15 is 0 Å². The second kappa shape index (κ2) is 14.5. The third kappa shape index (κ3) is 7.39. The summed E-state index contributed by atoms with van der Waals surface area (Å²) in [5, 5.41) is 26.3. The van der Waals surface area contributed by atoms with Gasteiger partial charge >= 0.3 is 5.97 Å². The number of ether oxygens (including phenoxy) is 2. The third-order valence-electron chi connectivity index (χ3n) is 7.04. The number of aromatic carboxylic acids is 1. The summed E-state index contributed by atoms with van der Waals surface area (Å²) in [6.07, 6.45) is 7.19. The number of ketones is 1. The minimum absolute atomic E-state index is 0. The number of Topliss-reactive ketones (excluding diaryl/α,β-unsaturated/α-hetero) is 1. The first-order valence-electron chi connectivity index (χ1n) is 13.9. The van der Waals surface area contributed by atoms with Crippen LogP contribution in [-0.4, -0.2) is 80.3 Å². The van der Waals surface area contributed by atoms with Gasteiger partial charge in [0.2, 0.25) is 0 Å². The van der Waals surface area contributed by atoms with Crippen molar-refractivity contribution in [3.8, 4) is 5.82 Å². The van der Waals surface area contributed by atoms with Crippen molar-refractivity contribution < 1.29 is 25.6 Å². The van der Waals surface area contributed by atoms with Gasteiger partial charge < -0.3 is 14.6 Å². The van der Waals surface area contributed by atoms with Crippen molar-refractivity contribution in [3.05, 3.63) is 92.6 Å². The number of carbonyl (C=O) groups excluding carboxylic acids is 1. The van der Waals surface area contributed by atoms with Crippen molar-refractivity contribution in [1.29, 1.82) is 0 Å². The van der Waals surface area contributed by atoms with E-state index in [1.165, 1.54) is 35.0 Å². The van der Waals surface area contributed by atoms with Crippen LogP contribution in [0.5, 0.6) is 0 Å². The highest BCUT2D eigenvalue weighted by atomic mass is 35.5. The summed E-state index contributed by atoms with van der Waals surface area (Å²) >= 11 is 18.1. The van der Waals surface area contributed by atoms with E-state index < -0.39 is 12.1 Å². The number of halogens is 3. The number of carboxylic acid groups (broad SMARTS) is 1. The van der Waals surface area contributed by atoms with Crippen molar-refractivity contribution in [3.63, 3.8) is 0 Å². The lowest BCUT2D eigenvalue weighted by Gasteiger charge is -2.16. The molecule has 0 radical (unpaired) electrons. The molecule has 6 aromatic rings. The number of carboxylic acids is 1. The van der Waals surface area contributed by atoms with Crippen molar-refractivity contribution >= 4 is 57.8 Å². The molecule has 1 N–H and O–H groups in total. The van der Waals surface area contributed by atoms with Crippen molar-refractivity contribution in [2.24, 2.45) is 0 Å². The fourth-order valence-corrected chi connectivity index (χ4v) is 5.38. The fourth-order valence-electron chi connectivity index (χ4n) is 4.77. The molecule has 0 saturated carbocycles. The van der Waals surface area contributed by atoms with E-state index in [1.807, 2.05) is 6.92 Å². The van der Waals surface area contributed by atoms with Gasteiger partial charge in [0.25, 0.3) is 0 Å². The fraction of sp³-hybridized carbons (Fsp3) is 0.276. The van der Waals surface area contributed by atoms with E-state index in [0.717, 1.165) is 11.3 Å². The van der Waals surface area contributed by atoms with Crippen LogP contribution in [0.3, 0.4) is 0 Å². The highest BCUT2D eigenvalue weighted by Crippen LogP contribution is 2.25. The van der Waals surface area contributed by atoms with Gasteiger partial charge in [-0.2, -0.15) is 20.4 Å². The van der Waals surface area contributed by atoms with Crippen molar-refractivity contribution in [1.82, 2.24) is 49.2 Å². The number of carbonyl (C=O) groups is 2. The number of pyridine rings is 1. The Kier molecular flexibility index (Phi) is 10.4. The van der Waals surface area contributed by atoms with E-state index in [4.69, 9.17) is 49.4 Å². The van der Waals surface area contributed by atoms with Gasteiger partial charge in [-0.15, -0.1) is 4.80 Å². The first-order valence-corrected chi connectivity index (χ1v) is 15.0. The Morgan fingerprint density at radius 1 is 0.830 bits per heavy atom. The largest absolute Gasteiger partial charge is 0.478 e. The summed E-state index contributed by atoms with van der Waals surface area (Å²) in [4.78, 5) is 37.8. The predicted octanol–water partition coefficient (Wildman–Crippen LogP) is 5.11. The normalized spacial score (nSPS) is 12.6. The highest BCUT2D eigenvalue weighted by Gasteiger charge is 2.22. The van der Waals surface area contributed by atoms with E-state index in [2.05, 4.69) is 35.3 Å². The maximum atomic E-state index is 12.8. The second-order valence-corrected chi connectivity index (χ2v) is 11.3. The van der Waals surface area contributed by atoms with Gasteiger partial charge in [-0.05, 0) is 25.5 Å². The zero-order valence-electron chi connectivity index (χ0n) is 25.4. The Hall–Kier alpha value is -4.54. The zero-order valence-corrected chi connectivity index (χ0v) is 27.6. The minimum Gasteiger partial charge on any atom is -0.478 e. The van der Waals surface area contributed by atoms with Gasteiger partial charge in [0, 0.05) is 64.8 Å². The molecule has 0 aliphatic heterocycles. The van der Waals surface area contributed by atoms with Crippen LogP contribution < -0.4 is 0 Å². The van der Waals surface area contributed by atoms with Crippen LogP contribution in [0.25, 0.3) is 17.1 Å². The van der Waals surface area contributed by atoms with Crippen LogP contribution in [0, 0.1) is 0 Å². The molecular weight excluding hydrogens is 675 g/mol. The van der Waals surface area contributed by atoms with Gasteiger partial charge in [-0.1, -0.05) is 34.8 Å². The van der Waals surface area contributed by atoms with E-state index in [-0.39, 0.29) is 36.9 Å². The number of nitrogens with zero attached hydrogens (tertiary/aromatic N) is 10. The Morgan fingerprint density at radius 3 is 1.98 bits per heavy atom. The van der Waals surface area contributed by atoms with Crippen molar-refractivity contribution in [2.75, 3.05) is 14.2 Å². The number of fused-ring (bicyclic) bond motifs is 2. The second-order valence-electron chi connectivity index (χ2n) is 10.1. The molecule has 15 nitrogen and oxygen atoms in total. The standard InChI is InChI=1S/C19H17Cl2N7O2.C10H10ClN3O3.H2/c1-11(30-2)18-13(10-22-17-8-16(21)26-27(17)18)7-14(29)5-12-6-15(20)19(23-9-12)28-24-3-4-25-28;1-5(17-2)9-6(10(15)16)4-12-8-3-7(11)13-14(8)9;/h3-4,6,8-11H,5,7H2,1-2H3;3-5H,1-2H3,(H,15,16);1H/t11-;5-;/m00./s1/i;;1+1. The number of hydrogen-bond donors (Lipinski definition) is 1. The number of hydrogen-bond acceptors (Lipinski definition) is 11. The molecule has 0 bridgehead atoms. The van der Waals surface area contributed by atoms with Gasteiger partial charge in [0.05, 0.1) is 41.0 Å². The molecule has 0 aromatic carbocycles. The molecule has 2 atom stereocenters. The van der Waals surface area contributed by atoms with Crippen molar-refractivity contribution in [2.45, 2.75) is 38.9 Å². The third-order valence-corrected chi connectivity index (χ3v) is 7.69. The molecule has 0 amide bonds. The van der Waals surface area contributed by atoms with Crippen LogP contribution in [0.15, 0.2) is 49.2 Å². The van der Waals surface area contributed by atoms with Crippen LogP contribution in [0.1, 0.15) is 60.4 Å². The summed E-state index contributed by atoms with van der Waals surface area (Å²) in [6.45, 7) is 3.61. The van der Waals surface area contributed by atoms with E-state index in [0.29, 0.717) is 38.5 Å². The van der Waals surface area contributed by atoms with Crippen LogP contribution >= 0.6 is 34.8 Å². The van der Waals surface area contributed by atoms with Gasteiger partial charge in [0.15, 0.2) is 27.4 Å². The molecular formula is C29H29Cl3N10O5. The first kappa shape index (κ1) is 33.8. The molecule has 6 heterocycles. The number of rotatable bonds is 10. The number of aromatic nitrogens is 10. The van der Waals surface area contributed by atoms with E-state index in [1.54, 1.807) is 49.1 Å². The molecule has 0 aliphatic carbocycles. The molecule has 6 rings (SSSR count). The van der Waals surface area contributed by atoms with Crippen LogP contribution in [-0.2, 0) is 27.1 Å². The molecule has 0 aliphatic rings. The monoisotopic (exact) mass is 703 g/mol. The topological polar surface area (TPSA) is 177 Å². The Labute approximate surface area is 283 Å². The molecule has 47 heavy (non-hydrogen) atoms. The molecule has 18 heteroatoms. The summed E-state index contributed by atoms with van der Waals surface area (Å²) in [5.74, 6) is -0.703. The highest BCUT2D eigenvalue weighted by molar-refractivity contribution is 6.32. The molecule has 0 spiro atoms. The molecule has 6 aromatic heterocycles. The lowest BCUT2D eigenvalue weighted by atomic mass is 10.0. The number of methoxy groups -OCH3 is 2. The average Bonchev–Trinajstić information content (AvgIpc) is 3.79. The Balaban J connectivity index is 0.000000246. The molecule has 0 saturated heterocycles. The van der Waals surface area contributed by atoms with Crippen LogP contribution in [0.2, 0.25) is 15.3 Å². The lowest BCUT2D eigenvalue weighted by molar-refractivity contribution is -0.117. The summed E-state index contributed by atoms with van der Waals surface area (Å²) < 4.78 is 13.6. The first-order chi connectivity index (χ1) is 22.5. The van der Waals surface area contributed by atoms with Gasteiger partial charge in [-0.25, -0.2) is 28.8 Å². The zero-order chi connectivity index (χ0) is 33.8. The predicted molar refractivity (Wildman–Crippen MR) is 172 cm³/mol. The van der Waals surface area contributed by atoms with Crippen LogP contribution in [0.4, 0.5) is 0 Å². The SMILES string of the molecule is CO[C@@H](C)c1c(C(=O)O)cnc2cc(Cl)nn12.CO[C@@H](C)c1c(CC(=O)Cc2cnc(-n3nccn3)c(Cl)c2)cnc2cc(Cl)nn12.[2HH]. The molecule has 246 valence electrons. The lowest BCUT2D eigenvalue weighted by Crippen LogP contribution is -2.15. The summed E-state index contributed by atoms with van der Waals surface area (Å²) in [5.41, 5.74) is 3.69. The summed E-state index contributed by atoms with van der Waals surface area (Å²) in [7, 11) is 3.09. The minimum atomic E-state index is -1.08. The summed E-state index contributed by atoms with van der Waals surface area (Å²) in [6, 6.07) is 4.90. The van der Waals surface area contributed by atoms with Gasteiger partial charge in [0.1, 0.15) is 11.3 Å². The van der Waals surface area contributed by atoms with E-state index in [9.17, 15) is 9.59 Å². The smallest absolute Gasteiger partial charge is 0.339 e. The maximum Gasteiger partial charge on any atom is 0.339 e. The molecule has 0 fully saturated rings. The quantitative estimate of drug-likeness (QED) is 0.200. The Bertz CT molecular complexity index is 2070. The van der Waals surface area contributed by atoms with Gasteiger partial charge in [-0.3, -0.25) is 4.79 Å². The molecule has 0 unspecified atom stereocenters.